The fourth-order valence-corrected chi connectivity index (χ4v) is 2.79. The number of oxime groups is 1. The van der Waals surface area contributed by atoms with Crippen LogP contribution < -0.4 is 0 Å². The largest absolute Gasteiger partial charge is 0.363 e. The predicted molar refractivity (Wildman–Crippen MR) is 86.1 cm³/mol. The summed E-state index contributed by atoms with van der Waals surface area (Å²) in [7, 11) is 0. The normalized spacial score (nSPS) is 24.9. The first-order valence-electron chi connectivity index (χ1n) is 7.36. The van der Waals surface area contributed by atoms with Gasteiger partial charge in [-0.3, -0.25) is 0 Å². The Morgan fingerprint density at radius 1 is 1.38 bits per heavy atom. The summed E-state index contributed by atoms with van der Waals surface area (Å²) in [5, 5.41) is 4.34. The maximum absolute atomic E-state index is 5.69. The van der Waals surface area contributed by atoms with Gasteiger partial charge in [-0.1, -0.05) is 53.7 Å². The minimum atomic E-state index is -0.370. The maximum atomic E-state index is 5.69. The van der Waals surface area contributed by atoms with Crippen LogP contribution in [0.3, 0.4) is 0 Å². The third kappa shape index (κ3) is 3.42. The Hall–Kier alpha value is -1.87. The first-order chi connectivity index (χ1) is 10.2. The van der Waals surface area contributed by atoms with Gasteiger partial charge >= 0.3 is 0 Å². The van der Waals surface area contributed by atoms with Crippen LogP contribution in [-0.4, -0.2) is 18.6 Å². The Bertz CT molecular complexity index is 521. The highest BCUT2D eigenvalue weighted by Gasteiger charge is 2.39. The van der Waals surface area contributed by atoms with Crippen molar-refractivity contribution in [2.24, 2.45) is 17.0 Å². The summed E-state index contributed by atoms with van der Waals surface area (Å²) < 4.78 is 5.69. The summed E-state index contributed by atoms with van der Waals surface area (Å²) in [6, 6.07) is 10.1. The molecule has 0 fully saturated rings. The highest BCUT2D eigenvalue weighted by molar-refractivity contribution is 6.02. The molecule has 1 heterocycles. The van der Waals surface area contributed by atoms with Gasteiger partial charge in [0.15, 0.2) is 0 Å². The fraction of sp³-hybridized carbons (Fsp3) is 0.389. The average Bonchev–Trinajstić information content (AvgIpc) is 2.48. The molecule has 0 spiro atoms. The van der Waals surface area contributed by atoms with Crippen LogP contribution in [-0.2, 0) is 9.57 Å². The second kappa shape index (κ2) is 7.23. The van der Waals surface area contributed by atoms with Crippen LogP contribution in [0.1, 0.15) is 25.8 Å². The number of hydrogen-bond donors (Lipinski definition) is 0. The quantitative estimate of drug-likeness (QED) is 0.734. The number of allylic oxidation sites excluding steroid dienone is 1. The molecule has 21 heavy (non-hydrogen) atoms. The van der Waals surface area contributed by atoms with E-state index >= 15 is 0 Å². The first-order valence-corrected chi connectivity index (χ1v) is 7.36. The summed E-state index contributed by atoms with van der Waals surface area (Å²) in [5.41, 5.74) is 3.06. The van der Waals surface area contributed by atoms with Crippen LogP contribution in [0.5, 0.6) is 0 Å². The zero-order valence-corrected chi connectivity index (χ0v) is 12.8. The monoisotopic (exact) mass is 285 g/mol. The lowest BCUT2D eigenvalue weighted by molar-refractivity contribution is -0.176. The highest BCUT2D eigenvalue weighted by Crippen LogP contribution is 2.35. The van der Waals surface area contributed by atoms with Crippen molar-refractivity contribution in [3.63, 3.8) is 0 Å². The molecule has 0 N–H and O–H groups in total. The van der Waals surface area contributed by atoms with Gasteiger partial charge in [0.05, 0.1) is 11.6 Å². The molecule has 3 heteroatoms. The molecule has 0 bridgehead atoms. The lowest BCUT2D eigenvalue weighted by atomic mass is 9.78. The van der Waals surface area contributed by atoms with Crippen molar-refractivity contribution in [3.05, 3.63) is 60.7 Å². The third-order valence-electron chi connectivity index (χ3n) is 3.72. The summed E-state index contributed by atoms with van der Waals surface area (Å²) in [6.07, 6.45) is 2.37. The lowest BCUT2D eigenvalue weighted by Crippen LogP contribution is -2.40. The second-order valence-electron chi connectivity index (χ2n) is 5.27. The van der Waals surface area contributed by atoms with E-state index in [2.05, 4.69) is 30.4 Å². The van der Waals surface area contributed by atoms with Crippen LogP contribution in [0.15, 0.2) is 60.3 Å². The summed E-state index contributed by atoms with van der Waals surface area (Å²) in [6.45, 7) is 12.6. The van der Waals surface area contributed by atoms with Crippen molar-refractivity contribution in [3.8, 4) is 0 Å². The molecule has 1 aromatic carbocycles. The van der Waals surface area contributed by atoms with E-state index in [1.54, 1.807) is 0 Å². The topological polar surface area (TPSA) is 30.8 Å². The minimum Gasteiger partial charge on any atom is -0.363 e. The zero-order valence-electron chi connectivity index (χ0n) is 12.8. The van der Waals surface area contributed by atoms with Gasteiger partial charge in [0.25, 0.3) is 0 Å². The van der Waals surface area contributed by atoms with Gasteiger partial charge in [-0.15, -0.1) is 6.58 Å². The van der Waals surface area contributed by atoms with Crippen LogP contribution in [0.4, 0.5) is 0 Å². The molecule has 3 atom stereocenters. The number of nitrogens with zero attached hydrogens (tertiary/aromatic N) is 1. The molecule has 1 aliphatic rings. The van der Waals surface area contributed by atoms with E-state index in [-0.39, 0.29) is 18.1 Å². The van der Waals surface area contributed by atoms with Gasteiger partial charge in [-0.05, 0) is 25.8 Å². The van der Waals surface area contributed by atoms with Gasteiger partial charge < -0.3 is 9.57 Å². The standard InChI is InChI=1S/C18H23NO2/c1-5-10-15-16(13(3)4)18(20-6-2)21-19-17(15)14-11-8-7-9-12-14/h5,7-9,11-12,15-16,18H,1,3,6,10H2,2,4H3/t15-,16-,18-/m1/s1. The number of rotatable bonds is 6. The minimum absolute atomic E-state index is 0.0793. The van der Waals surface area contributed by atoms with E-state index in [9.17, 15) is 0 Å². The Morgan fingerprint density at radius 3 is 2.67 bits per heavy atom. The van der Waals surface area contributed by atoms with Gasteiger partial charge in [0.2, 0.25) is 6.29 Å². The van der Waals surface area contributed by atoms with E-state index in [1.807, 2.05) is 38.1 Å². The van der Waals surface area contributed by atoms with E-state index in [0.29, 0.717) is 6.61 Å². The molecule has 0 aliphatic carbocycles. The molecule has 0 aromatic heterocycles. The van der Waals surface area contributed by atoms with Gasteiger partial charge in [0.1, 0.15) is 0 Å². The van der Waals surface area contributed by atoms with E-state index in [4.69, 9.17) is 9.57 Å². The molecule has 1 aliphatic heterocycles. The number of benzene rings is 1. The fourth-order valence-electron chi connectivity index (χ4n) is 2.79. The Kier molecular flexibility index (Phi) is 5.34. The summed E-state index contributed by atoms with van der Waals surface area (Å²) >= 11 is 0. The van der Waals surface area contributed by atoms with Crippen molar-refractivity contribution in [1.29, 1.82) is 0 Å². The summed E-state index contributed by atoms with van der Waals surface area (Å²) in [4.78, 5) is 5.61. The van der Waals surface area contributed by atoms with Crippen molar-refractivity contribution in [1.82, 2.24) is 0 Å². The Balaban J connectivity index is 2.40. The average molecular weight is 285 g/mol. The first kappa shape index (κ1) is 15.5. The van der Waals surface area contributed by atoms with Crippen LogP contribution >= 0.6 is 0 Å². The second-order valence-corrected chi connectivity index (χ2v) is 5.27. The molecular formula is C18H23NO2. The van der Waals surface area contributed by atoms with Gasteiger partial charge in [-0.25, -0.2) is 0 Å². The van der Waals surface area contributed by atoms with Crippen LogP contribution in [0, 0.1) is 11.8 Å². The molecule has 0 amide bonds. The molecule has 0 radical (unpaired) electrons. The molecule has 1 aromatic rings. The molecule has 2 rings (SSSR count). The third-order valence-corrected chi connectivity index (χ3v) is 3.72. The molecule has 112 valence electrons. The van der Waals surface area contributed by atoms with Crippen molar-refractivity contribution < 1.29 is 9.57 Å². The van der Waals surface area contributed by atoms with Crippen LogP contribution in [0.25, 0.3) is 0 Å². The summed E-state index contributed by atoms with van der Waals surface area (Å²) in [5.74, 6) is 0.253. The Labute approximate surface area is 127 Å². The highest BCUT2D eigenvalue weighted by atomic mass is 16.8. The molecule has 0 saturated carbocycles. The van der Waals surface area contributed by atoms with E-state index in [0.717, 1.165) is 23.3 Å². The van der Waals surface area contributed by atoms with E-state index in [1.165, 1.54) is 0 Å². The van der Waals surface area contributed by atoms with E-state index < -0.39 is 0 Å². The predicted octanol–water partition coefficient (Wildman–Crippen LogP) is 4.17. The number of ether oxygens (including phenoxy) is 1. The molecule has 0 saturated heterocycles. The maximum Gasteiger partial charge on any atom is 0.234 e. The zero-order chi connectivity index (χ0) is 15.2. The molecular weight excluding hydrogens is 262 g/mol. The van der Waals surface area contributed by atoms with Gasteiger partial charge in [0, 0.05) is 12.5 Å². The van der Waals surface area contributed by atoms with Crippen molar-refractivity contribution in [2.75, 3.05) is 6.61 Å². The Morgan fingerprint density at radius 2 is 2.10 bits per heavy atom. The molecule has 0 unspecified atom stereocenters. The van der Waals surface area contributed by atoms with Crippen molar-refractivity contribution >= 4 is 5.71 Å². The molecule has 3 nitrogen and oxygen atoms in total. The number of hydrogen-bond acceptors (Lipinski definition) is 3. The van der Waals surface area contributed by atoms with Crippen LogP contribution in [0.2, 0.25) is 0 Å². The lowest BCUT2D eigenvalue weighted by Gasteiger charge is -2.36. The SMILES string of the molecule is C=CC[C@H]1C(c2ccccc2)=NO[C@@H](OCC)[C@@H]1C(=C)C. The van der Waals surface area contributed by atoms with Gasteiger partial charge in [-0.2, -0.15) is 0 Å². The smallest absolute Gasteiger partial charge is 0.234 e. The van der Waals surface area contributed by atoms with Crippen molar-refractivity contribution in [2.45, 2.75) is 26.6 Å².